The zero-order chi connectivity index (χ0) is 13.7. The lowest BCUT2D eigenvalue weighted by atomic mass is 10.1. The Morgan fingerprint density at radius 1 is 1.33 bits per heavy atom. The zero-order valence-corrected chi connectivity index (χ0v) is 12.5. The molecule has 0 saturated carbocycles. The number of anilines is 1. The van der Waals surface area contributed by atoms with E-state index in [-0.39, 0.29) is 6.04 Å². The number of nitrogens with zero attached hydrogens (tertiary/aromatic N) is 2. The molecule has 1 N–H and O–H groups in total. The molecular formula is C14H27N3O. The van der Waals surface area contributed by atoms with E-state index >= 15 is 0 Å². The summed E-state index contributed by atoms with van der Waals surface area (Å²) in [6.45, 7) is 11.6. The number of imidazole rings is 1. The summed E-state index contributed by atoms with van der Waals surface area (Å²) in [7, 11) is 1.72. The van der Waals surface area contributed by atoms with Gasteiger partial charge in [-0.2, -0.15) is 0 Å². The summed E-state index contributed by atoms with van der Waals surface area (Å²) in [5.41, 5.74) is 1.05. The minimum absolute atomic E-state index is 0.266. The van der Waals surface area contributed by atoms with Crippen LogP contribution in [-0.2, 0) is 4.74 Å². The van der Waals surface area contributed by atoms with Crippen molar-refractivity contribution in [1.82, 2.24) is 9.55 Å². The van der Waals surface area contributed by atoms with Crippen molar-refractivity contribution in [2.75, 3.05) is 19.0 Å². The molecule has 0 bridgehead atoms. The first-order chi connectivity index (χ1) is 8.43. The molecule has 0 aliphatic carbocycles. The van der Waals surface area contributed by atoms with Gasteiger partial charge in [-0.1, -0.05) is 13.8 Å². The lowest BCUT2D eigenvalue weighted by Gasteiger charge is -2.20. The van der Waals surface area contributed by atoms with Crippen LogP contribution in [0.4, 0.5) is 5.95 Å². The molecule has 4 heteroatoms. The third-order valence-electron chi connectivity index (χ3n) is 2.93. The summed E-state index contributed by atoms with van der Waals surface area (Å²) in [4.78, 5) is 4.56. The quantitative estimate of drug-likeness (QED) is 0.810. The molecular weight excluding hydrogens is 226 g/mol. The Bertz CT molecular complexity index is 360. The van der Waals surface area contributed by atoms with Crippen LogP contribution >= 0.6 is 0 Å². The second kappa shape index (κ2) is 6.78. The summed E-state index contributed by atoms with van der Waals surface area (Å²) in [6.07, 6.45) is 3.28. The molecule has 2 atom stereocenters. The molecule has 0 radical (unpaired) electrons. The van der Waals surface area contributed by atoms with Crippen molar-refractivity contribution in [3.63, 3.8) is 0 Å². The third kappa shape index (κ3) is 4.33. The molecule has 1 heterocycles. The van der Waals surface area contributed by atoms with Crippen LogP contribution in [0.5, 0.6) is 0 Å². The molecule has 1 aromatic heterocycles. The van der Waals surface area contributed by atoms with Gasteiger partial charge in [0.2, 0.25) is 5.95 Å². The van der Waals surface area contributed by atoms with Gasteiger partial charge in [0, 0.05) is 25.4 Å². The number of hydrogen-bond acceptors (Lipinski definition) is 3. The van der Waals surface area contributed by atoms with Gasteiger partial charge < -0.3 is 14.6 Å². The van der Waals surface area contributed by atoms with Gasteiger partial charge >= 0.3 is 0 Å². The summed E-state index contributed by atoms with van der Waals surface area (Å²) in [6, 6.07) is 0.727. The number of hydrogen-bond donors (Lipinski definition) is 1. The highest BCUT2D eigenvalue weighted by molar-refractivity contribution is 5.30. The minimum Gasteiger partial charge on any atom is -0.383 e. The molecule has 1 rings (SSSR count). The molecule has 0 spiro atoms. The van der Waals surface area contributed by atoms with Crippen molar-refractivity contribution < 1.29 is 4.74 Å². The first-order valence-corrected chi connectivity index (χ1v) is 6.75. The summed E-state index contributed by atoms with van der Waals surface area (Å²) in [5, 5.41) is 3.41. The molecule has 0 fully saturated rings. The molecule has 2 unspecified atom stereocenters. The standard InChI is InChI=1S/C14H27N3O/c1-10(2)7-13(5)17-8-11(3)15-14(17)16-12(4)9-18-6/h8,10,12-13H,7,9H2,1-6H3,(H,15,16). The van der Waals surface area contributed by atoms with Gasteiger partial charge in [-0.15, -0.1) is 0 Å². The highest BCUT2D eigenvalue weighted by Gasteiger charge is 2.14. The number of methoxy groups -OCH3 is 1. The Balaban J connectivity index is 2.78. The molecule has 0 aromatic carbocycles. The number of rotatable bonds is 7. The van der Waals surface area contributed by atoms with E-state index in [1.165, 1.54) is 0 Å². The Morgan fingerprint density at radius 2 is 2.00 bits per heavy atom. The molecule has 0 saturated heterocycles. The maximum atomic E-state index is 5.15. The topological polar surface area (TPSA) is 39.1 Å². The largest absolute Gasteiger partial charge is 0.383 e. The fraction of sp³-hybridized carbons (Fsp3) is 0.786. The summed E-state index contributed by atoms with van der Waals surface area (Å²) >= 11 is 0. The zero-order valence-electron chi connectivity index (χ0n) is 12.5. The van der Waals surface area contributed by atoms with Crippen molar-refractivity contribution >= 4 is 5.95 Å². The van der Waals surface area contributed by atoms with Gasteiger partial charge in [-0.25, -0.2) is 4.98 Å². The summed E-state index contributed by atoms with van der Waals surface area (Å²) < 4.78 is 7.39. The highest BCUT2D eigenvalue weighted by atomic mass is 16.5. The van der Waals surface area contributed by atoms with Gasteiger partial charge in [-0.05, 0) is 33.1 Å². The average Bonchev–Trinajstić information content (AvgIpc) is 2.58. The molecule has 0 aliphatic rings. The molecule has 0 aliphatic heterocycles. The van der Waals surface area contributed by atoms with E-state index in [4.69, 9.17) is 4.74 Å². The Morgan fingerprint density at radius 3 is 2.56 bits per heavy atom. The fourth-order valence-corrected chi connectivity index (χ4v) is 2.27. The molecule has 4 nitrogen and oxygen atoms in total. The van der Waals surface area contributed by atoms with Gasteiger partial charge in [0.05, 0.1) is 12.3 Å². The van der Waals surface area contributed by atoms with Crippen molar-refractivity contribution in [2.45, 2.75) is 53.1 Å². The Kier molecular flexibility index (Phi) is 5.66. The van der Waals surface area contributed by atoms with Crippen molar-refractivity contribution in [2.24, 2.45) is 5.92 Å². The average molecular weight is 253 g/mol. The maximum Gasteiger partial charge on any atom is 0.203 e. The van der Waals surface area contributed by atoms with Crippen molar-refractivity contribution in [3.8, 4) is 0 Å². The van der Waals surface area contributed by atoms with Crippen LogP contribution in [0.2, 0.25) is 0 Å². The summed E-state index contributed by atoms with van der Waals surface area (Å²) in [5.74, 6) is 1.64. The first-order valence-electron chi connectivity index (χ1n) is 6.75. The lowest BCUT2D eigenvalue weighted by molar-refractivity contribution is 0.190. The number of aryl methyl sites for hydroxylation is 1. The predicted octanol–water partition coefficient (Wildman–Crippen LogP) is 3.25. The van der Waals surface area contributed by atoms with E-state index in [1.54, 1.807) is 7.11 Å². The van der Waals surface area contributed by atoms with Gasteiger partial charge in [-0.3, -0.25) is 0 Å². The Labute approximate surface area is 111 Å². The normalized spacial score (nSPS) is 14.8. The smallest absolute Gasteiger partial charge is 0.203 e. The van der Waals surface area contributed by atoms with E-state index in [2.05, 4.69) is 48.8 Å². The van der Waals surface area contributed by atoms with Crippen molar-refractivity contribution in [3.05, 3.63) is 11.9 Å². The maximum absolute atomic E-state index is 5.15. The molecule has 104 valence electrons. The monoisotopic (exact) mass is 253 g/mol. The second-order valence-corrected chi connectivity index (χ2v) is 5.59. The van der Waals surface area contributed by atoms with Crippen LogP contribution in [0.1, 0.15) is 45.9 Å². The van der Waals surface area contributed by atoms with Crippen LogP contribution in [-0.4, -0.2) is 29.3 Å². The van der Waals surface area contributed by atoms with E-state index in [0.29, 0.717) is 18.6 Å². The van der Waals surface area contributed by atoms with E-state index in [9.17, 15) is 0 Å². The Hall–Kier alpha value is -1.03. The predicted molar refractivity (Wildman–Crippen MR) is 76.1 cm³/mol. The molecule has 1 aromatic rings. The minimum atomic E-state index is 0.266. The number of aromatic nitrogens is 2. The van der Waals surface area contributed by atoms with Crippen LogP contribution in [0, 0.1) is 12.8 Å². The van der Waals surface area contributed by atoms with Crippen molar-refractivity contribution in [1.29, 1.82) is 0 Å². The van der Waals surface area contributed by atoms with Crippen LogP contribution in [0.3, 0.4) is 0 Å². The van der Waals surface area contributed by atoms with Gasteiger partial charge in [0.1, 0.15) is 0 Å². The lowest BCUT2D eigenvalue weighted by Crippen LogP contribution is -2.24. The van der Waals surface area contributed by atoms with E-state index in [1.807, 2.05) is 6.92 Å². The van der Waals surface area contributed by atoms with Gasteiger partial charge in [0.25, 0.3) is 0 Å². The second-order valence-electron chi connectivity index (χ2n) is 5.59. The molecule has 18 heavy (non-hydrogen) atoms. The SMILES string of the molecule is COCC(C)Nc1nc(C)cn1C(C)CC(C)C. The van der Waals surface area contributed by atoms with Crippen LogP contribution in [0.15, 0.2) is 6.20 Å². The van der Waals surface area contributed by atoms with Gasteiger partial charge in [0.15, 0.2) is 0 Å². The fourth-order valence-electron chi connectivity index (χ4n) is 2.27. The molecule has 0 amide bonds. The van der Waals surface area contributed by atoms with E-state index in [0.717, 1.165) is 18.1 Å². The van der Waals surface area contributed by atoms with E-state index < -0.39 is 0 Å². The third-order valence-corrected chi connectivity index (χ3v) is 2.93. The highest BCUT2D eigenvalue weighted by Crippen LogP contribution is 2.22. The van der Waals surface area contributed by atoms with Crippen LogP contribution in [0.25, 0.3) is 0 Å². The number of ether oxygens (including phenoxy) is 1. The first kappa shape index (κ1) is 15.0. The van der Waals surface area contributed by atoms with Crippen LogP contribution < -0.4 is 5.32 Å². The number of nitrogens with one attached hydrogen (secondary N) is 1.